The van der Waals surface area contributed by atoms with Crippen LogP contribution in [-0.2, 0) is 4.74 Å². The molecule has 5 heteroatoms. The van der Waals surface area contributed by atoms with Crippen molar-refractivity contribution in [1.82, 2.24) is 9.78 Å². The molecule has 1 aromatic carbocycles. The highest BCUT2D eigenvalue weighted by Crippen LogP contribution is 2.37. The molecule has 1 heterocycles. The van der Waals surface area contributed by atoms with Gasteiger partial charge in [0, 0.05) is 18.2 Å². The maximum absolute atomic E-state index is 11.5. The van der Waals surface area contributed by atoms with E-state index in [1.807, 2.05) is 16.9 Å². The predicted molar refractivity (Wildman–Crippen MR) is 69.9 cm³/mol. The lowest BCUT2D eigenvalue weighted by Gasteiger charge is -2.33. The van der Waals surface area contributed by atoms with Gasteiger partial charge in [0.15, 0.2) is 0 Å². The van der Waals surface area contributed by atoms with Crippen molar-refractivity contribution in [1.29, 1.82) is 0 Å². The van der Waals surface area contributed by atoms with E-state index in [2.05, 4.69) is 5.10 Å². The van der Waals surface area contributed by atoms with Crippen LogP contribution in [0.2, 0.25) is 0 Å². The Bertz CT molecular complexity index is 614. The first-order chi connectivity index (χ1) is 9.21. The summed E-state index contributed by atoms with van der Waals surface area (Å²) in [4.78, 5) is 11.5. The second-order valence-corrected chi connectivity index (χ2v) is 5.05. The molecule has 0 unspecified atom stereocenters. The van der Waals surface area contributed by atoms with Gasteiger partial charge in [-0.25, -0.2) is 4.79 Å². The largest absolute Gasteiger partial charge is 0.465 e. The average molecular weight is 260 g/mol. The molecule has 3 rings (SSSR count). The van der Waals surface area contributed by atoms with Crippen LogP contribution >= 0.6 is 0 Å². The van der Waals surface area contributed by atoms with E-state index < -0.39 is 0 Å². The van der Waals surface area contributed by atoms with Crippen LogP contribution in [0.5, 0.6) is 0 Å². The van der Waals surface area contributed by atoms with Gasteiger partial charge in [-0.2, -0.15) is 5.10 Å². The molecule has 0 amide bonds. The highest BCUT2D eigenvalue weighted by atomic mass is 16.5. The van der Waals surface area contributed by atoms with Gasteiger partial charge in [-0.1, -0.05) is 6.07 Å². The van der Waals surface area contributed by atoms with Crippen LogP contribution in [0.1, 0.15) is 29.2 Å². The second-order valence-electron chi connectivity index (χ2n) is 5.05. The highest BCUT2D eigenvalue weighted by molar-refractivity contribution is 5.94. The fraction of sp³-hybridized carbons (Fsp3) is 0.429. The number of hydrogen-bond donors (Lipinski definition) is 1. The number of nitrogens with zero attached hydrogens (tertiary/aromatic N) is 2. The van der Waals surface area contributed by atoms with Gasteiger partial charge in [0.2, 0.25) is 0 Å². The summed E-state index contributed by atoms with van der Waals surface area (Å²) in [6.45, 7) is 0.254. The number of fused-ring (bicyclic) bond motifs is 1. The van der Waals surface area contributed by atoms with Crippen molar-refractivity contribution in [2.24, 2.45) is 5.92 Å². The van der Waals surface area contributed by atoms with Gasteiger partial charge in [-0.15, -0.1) is 0 Å². The minimum Gasteiger partial charge on any atom is -0.465 e. The third-order valence-corrected chi connectivity index (χ3v) is 3.79. The molecule has 1 aliphatic rings. The van der Waals surface area contributed by atoms with Crippen molar-refractivity contribution in [2.45, 2.75) is 18.9 Å². The van der Waals surface area contributed by atoms with Gasteiger partial charge in [0.1, 0.15) is 0 Å². The molecule has 0 spiro atoms. The predicted octanol–water partition coefficient (Wildman–Crippen LogP) is 1.77. The van der Waals surface area contributed by atoms with Crippen LogP contribution in [-0.4, -0.2) is 34.6 Å². The summed E-state index contributed by atoms with van der Waals surface area (Å²) < 4.78 is 6.64. The maximum Gasteiger partial charge on any atom is 0.337 e. The van der Waals surface area contributed by atoms with Crippen LogP contribution in [0.25, 0.3) is 10.9 Å². The van der Waals surface area contributed by atoms with E-state index in [9.17, 15) is 4.79 Å². The maximum atomic E-state index is 11.5. The number of hydrogen-bond acceptors (Lipinski definition) is 4. The van der Waals surface area contributed by atoms with Crippen molar-refractivity contribution >= 4 is 16.9 Å². The molecule has 1 aliphatic carbocycles. The summed E-state index contributed by atoms with van der Waals surface area (Å²) in [5.41, 5.74) is 1.32. The number of carbonyl (C=O) groups excluding carboxylic acids is 1. The molecule has 0 atom stereocenters. The lowest BCUT2D eigenvalue weighted by atomic mass is 9.81. The van der Waals surface area contributed by atoms with Crippen molar-refractivity contribution in [2.75, 3.05) is 13.7 Å². The van der Waals surface area contributed by atoms with Gasteiger partial charge in [0.25, 0.3) is 0 Å². The molecule has 1 saturated carbocycles. The second kappa shape index (κ2) is 4.66. The third-order valence-electron chi connectivity index (χ3n) is 3.79. The molecular formula is C14H16N2O3. The van der Waals surface area contributed by atoms with Gasteiger partial charge in [-0.3, -0.25) is 4.68 Å². The van der Waals surface area contributed by atoms with Crippen molar-refractivity contribution < 1.29 is 14.6 Å². The highest BCUT2D eigenvalue weighted by Gasteiger charge is 2.30. The van der Waals surface area contributed by atoms with Crippen molar-refractivity contribution in [3.05, 3.63) is 30.0 Å². The Kier molecular flexibility index (Phi) is 2.98. The summed E-state index contributed by atoms with van der Waals surface area (Å²) in [5, 5.41) is 14.6. The van der Waals surface area contributed by atoms with Crippen LogP contribution < -0.4 is 0 Å². The van der Waals surface area contributed by atoms with Crippen molar-refractivity contribution in [3.8, 4) is 0 Å². The molecule has 2 aromatic rings. The molecule has 0 radical (unpaired) electrons. The summed E-state index contributed by atoms with van der Waals surface area (Å²) in [7, 11) is 1.37. The van der Waals surface area contributed by atoms with E-state index in [1.165, 1.54) is 7.11 Å². The molecular weight excluding hydrogens is 244 g/mol. The number of aromatic nitrogens is 2. The molecule has 1 N–H and O–H groups in total. The molecule has 0 bridgehead atoms. The molecule has 100 valence electrons. The molecule has 0 aliphatic heterocycles. The van der Waals surface area contributed by atoms with E-state index in [1.54, 1.807) is 12.1 Å². The van der Waals surface area contributed by atoms with Gasteiger partial charge >= 0.3 is 5.97 Å². The molecule has 19 heavy (non-hydrogen) atoms. The van der Waals surface area contributed by atoms with E-state index in [0.29, 0.717) is 17.5 Å². The standard InChI is InChI=1S/C14H16N2O3/c1-19-14(18)10-2-3-11-7-16(15-13(11)6-10)12-4-9(5-12)8-17/h2-3,6-7,9,12,17H,4-5,8H2,1H3. The topological polar surface area (TPSA) is 64.3 Å². The molecule has 5 nitrogen and oxygen atoms in total. The summed E-state index contributed by atoms with van der Waals surface area (Å²) >= 11 is 0. The first kappa shape index (κ1) is 12.2. The fourth-order valence-electron chi connectivity index (χ4n) is 2.53. The van der Waals surface area contributed by atoms with Gasteiger partial charge in [-0.05, 0) is 30.9 Å². The Morgan fingerprint density at radius 1 is 1.53 bits per heavy atom. The Labute approximate surface area is 110 Å². The van der Waals surface area contributed by atoms with E-state index in [0.717, 1.165) is 23.7 Å². The van der Waals surface area contributed by atoms with Crippen LogP contribution in [0.4, 0.5) is 0 Å². The SMILES string of the molecule is COC(=O)c1ccc2cn(C3CC(CO)C3)nc2c1. The van der Waals surface area contributed by atoms with Gasteiger partial charge in [0.05, 0.1) is 24.2 Å². The Hall–Kier alpha value is -1.88. The van der Waals surface area contributed by atoms with Gasteiger partial charge < -0.3 is 9.84 Å². The number of esters is 1. The summed E-state index contributed by atoms with van der Waals surface area (Å²) in [5.74, 6) is 0.0587. The number of aliphatic hydroxyl groups excluding tert-OH is 1. The third kappa shape index (κ3) is 2.10. The zero-order chi connectivity index (χ0) is 13.4. The minimum atomic E-state index is -0.347. The van der Waals surface area contributed by atoms with Crippen molar-refractivity contribution in [3.63, 3.8) is 0 Å². The first-order valence-corrected chi connectivity index (χ1v) is 6.39. The number of ether oxygens (including phenoxy) is 1. The number of methoxy groups -OCH3 is 1. The average Bonchev–Trinajstić information content (AvgIpc) is 2.78. The Morgan fingerprint density at radius 2 is 2.32 bits per heavy atom. The molecule has 0 saturated heterocycles. The van der Waals surface area contributed by atoms with E-state index >= 15 is 0 Å². The lowest BCUT2D eigenvalue weighted by Crippen LogP contribution is -2.29. The van der Waals surface area contributed by atoms with E-state index in [4.69, 9.17) is 9.84 Å². The zero-order valence-corrected chi connectivity index (χ0v) is 10.7. The summed E-state index contributed by atoms with van der Waals surface area (Å²) in [6, 6.07) is 5.75. The number of carbonyl (C=O) groups is 1. The minimum absolute atomic E-state index is 0.254. The normalized spacial score (nSPS) is 22.2. The number of rotatable bonds is 3. The fourth-order valence-corrected chi connectivity index (χ4v) is 2.53. The zero-order valence-electron chi connectivity index (χ0n) is 10.7. The lowest BCUT2D eigenvalue weighted by molar-refractivity contribution is 0.0601. The monoisotopic (exact) mass is 260 g/mol. The molecule has 1 fully saturated rings. The number of aliphatic hydroxyl groups is 1. The van der Waals surface area contributed by atoms with Crippen LogP contribution in [0.15, 0.2) is 24.4 Å². The summed E-state index contributed by atoms with van der Waals surface area (Å²) in [6.07, 6.45) is 3.93. The van der Waals surface area contributed by atoms with Crippen LogP contribution in [0, 0.1) is 5.92 Å². The number of benzene rings is 1. The first-order valence-electron chi connectivity index (χ1n) is 6.39. The Balaban J connectivity index is 1.87. The Morgan fingerprint density at radius 3 is 3.00 bits per heavy atom. The smallest absolute Gasteiger partial charge is 0.337 e. The van der Waals surface area contributed by atoms with E-state index in [-0.39, 0.29) is 12.6 Å². The van der Waals surface area contributed by atoms with Crippen LogP contribution in [0.3, 0.4) is 0 Å². The molecule has 1 aromatic heterocycles. The quantitative estimate of drug-likeness (QED) is 0.854.